The Labute approximate surface area is 107 Å². The first-order chi connectivity index (χ1) is 8.47. The van der Waals surface area contributed by atoms with E-state index in [9.17, 15) is 8.78 Å². The molecule has 0 amide bonds. The average molecular weight is 271 g/mol. The summed E-state index contributed by atoms with van der Waals surface area (Å²) in [5.41, 5.74) is 6.17. The molecule has 0 aliphatic heterocycles. The molecule has 0 fully saturated rings. The fourth-order valence-corrected chi connectivity index (χ4v) is 1.60. The molecule has 0 radical (unpaired) electrons. The van der Waals surface area contributed by atoms with E-state index in [0.717, 1.165) is 5.56 Å². The molecule has 0 aliphatic rings. The Morgan fingerprint density at radius 2 is 1.94 bits per heavy atom. The molecule has 18 heavy (non-hydrogen) atoms. The molecule has 0 bridgehead atoms. The van der Waals surface area contributed by atoms with Gasteiger partial charge < -0.3 is 10.5 Å². The van der Waals surface area contributed by atoms with Crippen LogP contribution in [0.25, 0.3) is 0 Å². The number of nitrogens with zero attached hydrogens (tertiary/aromatic N) is 1. The van der Waals surface area contributed by atoms with E-state index < -0.39 is 23.3 Å². The van der Waals surface area contributed by atoms with E-state index >= 15 is 0 Å². The molecule has 0 aliphatic carbocycles. The Kier molecular flexibility index (Phi) is 3.34. The van der Waals surface area contributed by atoms with Gasteiger partial charge in [0.25, 0.3) is 5.88 Å². The smallest absolute Gasteiger partial charge is 0.258 e. The van der Waals surface area contributed by atoms with Crippen molar-refractivity contribution in [3.8, 4) is 11.6 Å². The number of nitrogen functional groups attached to an aromatic ring is 1. The third-order valence-corrected chi connectivity index (χ3v) is 2.51. The van der Waals surface area contributed by atoms with Gasteiger partial charge in [-0.3, -0.25) is 0 Å². The number of benzene rings is 1. The van der Waals surface area contributed by atoms with Gasteiger partial charge in [-0.15, -0.1) is 0 Å². The van der Waals surface area contributed by atoms with Gasteiger partial charge in [-0.05, 0) is 24.6 Å². The molecule has 1 aromatic carbocycles. The summed E-state index contributed by atoms with van der Waals surface area (Å²) >= 11 is 5.92. The van der Waals surface area contributed by atoms with Crippen molar-refractivity contribution in [3.63, 3.8) is 0 Å². The van der Waals surface area contributed by atoms with Crippen molar-refractivity contribution in [1.82, 2.24) is 4.98 Å². The summed E-state index contributed by atoms with van der Waals surface area (Å²) in [4.78, 5) is 3.48. The quantitative estimate of drug-likeness (QED) is 0.905. The zero-order chi connectivity index (χ0) is 13.3. The molecule has 6 heteroatoms. The van der Waals surface area contributed by atoms with Crippen LogP contribution in [0.1, 0.15) is 5.56 Å². The number of pyridine rings is 1. The minimum atomic E-state index is -0.946. The summed E-state index contributed by atoms with van der Waals surface area (Å²) in [7, 11) is 0. The second kappa shape index (κ2) is 4.78. The Balaban J connectivity index is 2.37. The van der Waals surface area contributed by atoms with Crippen molar-refractivity contribution in [2.75, 3.05) is 5.73 Å². The van der Waals surface area contributed by atoms with E-state index in [1.807, 2.05) is 6.92 Å². The number of nitrogens with two attached hydrogens (primary N) is 1. The van der Waals surface area contributed by atoms with Crippen LogP contribution in [0.5, 0.6) is 11.6 Å². The lowest BCUT2D eigenvalue weighted by Gasteiger charge is -2.08. The second-order valence-electron chi connectivity index (χ2n) is 3.68. The highest BCUT2D eigenvalue weighted by atomic mass is 35.5. The van der Waals surface area contributed by atoms with Crippen molar-refractivity contribution in [3.05, 3.63) is 46.5 Å². The minimum Gasteiger partial charge on any atom is -0.435 e. The van der Waals surface area contributed by atoms with E-state index in [4.69, 9.17) is 22.1 Å². The molecular formula is C12H9ClF2N2O. The average Bonchev–Trinajstić information content (AvgIpc) is 2.29. The van der Waals surface area contributed by atoms with Gasteiger partial charge in [-0.1, -0.05) is 17.7 Å². The Hall–Kier alpha value is -1.88. The summed E-state index contributed by atoms with van der Waals surface area (Å²) in [6.07, 6.45) is 0. The molecule has 2 rings (SSSR count). The van der Waals surface area contributed by atoms with Gasteiger partial charge in [-0.2, -0.15) is 4.98 Å². The van der Waals surface area contributed by atoms with Crippen LogP contribution in [0.4, 0.5) is 14.6 Å². The van der Waals surface area contributed by atoms with Crippen LogP contribution >= 0.6 is 11.6 Å². The Bertz CT molecular complexity index is 605. The van der Waals surface area contributed by atoms with E-state index in [-0.39, 0.29) is 5.75 Å². The number of aryl methyl sites for hydroxylation is 1. The number of rotatable bonds is 2. The SMILES string of the molecule is Cc1ccc(Oc2nc(N)c(F)cc2F)c(Cl)c1. The lowest BCUT2D eigenvalue weighted by Crippen LogP contribution is -2.00. The predicted octanol–water partition coefficient (Wildman–Crippen LogP) is 3.70. The van der Waals surface area contributed by atoms with Crippen LogP contribution in [0.15, 0.2) is 24.3 Å². The predicted molar refractivity (Wildman–Crippen MR) is 64.8 cm³/mol. The van der Waals surface area contributed by atoms with Crippen molar-refractivity contribution in [1.29, 1.82) is 0 Å². The van der Waals surface area contributed by atoms with Gasteiger partial charge in [0.15, 0.2) is 17.5 Å². The molecular weight excluding hydrogens is 262 g/mol. The van der Waals surface area contributed by atoms with E-state index in [1.54, 1.807) is 18.2 Å². The van der Waals surface area contributed by atoms with Crippen LogP contribution in [-0.2, 0) is 0 Å². The Morgan fingerprint density at radius 3 is 2.61 bits per heavy atom. The third kappa shape index (κ3) is 2.51. The van der Waals surface area contributed by atoms with Crippen LogP contribution < -0.4 is 10.5 Å². The lowest BCUT2D eigenvalue weighted by molar-refractivity contribution is 0.418. The first-order valence-electron chi connectivity index (χ1n) is 5.03. The van der Waals surface area contributed by atoms with Crippen molar-refractivity contribution in [2.45, 2.75) is 6.92 Å². The fourth-order valence-electron chi connectivity index (χ4n) is 1.33. The van der Waals surface area contributed by atoms with Crippen molar-refractivity contribution >= 4 is 17.4 Å². The molecule has 1 heterocycles. The number of anilines is 1. The highest BCUT2D eigenvalue weighted by Gasteiger charge is 2.13. The van der Waals surface area contributed by atoms with Crippen molar-refractivity contribution < 1.29 is 13.5 Å². The monoisotopic (exact) mass is 270 g/mol. The summed E-state index contributed by atoms with van der Waals surface area (Å²) in [5, 5.41) is 0.305. The topological polar surface area (TPSA) is 48.1 Å². The standard InChI is InChI=1S/C12H9ClF2N2O/c1-6-2-3-10(7(13)4-6)18-12-9(15)5-8(14)11(16)17-12/h2-5H,1H3,(H2,16,17). The molecule has 0 spiro atoms. The highest BCUT2D eigenvalue weighted by molar-refractivity contribution is 6.32. The van der Waals surface area contributed by atoms with Gasteiger partial charge in [0.2, 0.25) is 0 Å². The van der Waals surface area contributed by atoms with E-state index in [2.05, 4.69) is 4.98 Å². The molecule has 94 valence electrons. The summed E-state index contributed by atoms with van der Waals surface area (Å²) in [6.45, 7) is 1.85. The first-order valence-corrected chi connectivity index (χ1v) is 5.40. The lowest BCUT2D eigenvalue weighted by atomic mass is 10.2. The first kappa shape index (κ1) is 12.6. The maximum atomic E-state index is 13.4. The maximum absolute atomic E-state index is 13.4. The van der Waals surface area contributed by atoms with Crippen LogP contribution in [0.3, 0.4) is 0 Å². The number of hydrogen-bond donors (Lipinski definition) is 1. The zero-order valence-corrected chi connectivity index (χ0v) is 10.1. The minimum absolute atomic E-state index is 0.222. The van der Waals surface area contributed by atoms with Gasteiger partial charge in [-0.25, -0.2) is 8.78 Å². The highest BCUT2D eigenvalue weighted by Crippen LogP contribution is 2.31. The summed E-state index contributed by atoms with van der Waals surface area (Å²) < 4.78 is 31.5. The van der Waals surface area contributed by atoms with Gasteiger partial charge in [0.05, 0.1) is 5.02 Å². The van der Waals surface area contributed by atoms with Crippen molar-refractivity contribution in [2.24, 2.45) is 0 Å². The maximum Gasteiger partial charge on any atom is 0.258 e. The van der Waals surface area contributed by atoms with E-state index in [0.29, 0.717) is 11.1 Å². The van der Waals surface area contributed by atoms with Gasteiger partial charge in [0.1, 0.15) is 5.75 Å². The molecule has 0 atom stereocenters. The molecule has 0 saturated heterocycles. The number of halogens is 3. The zero-order valence-electron chi connectivity index (χ0n) is 9.38. The van der Waals surface area contributed by atoms with Gasteiger partial charge >= 0.3 is 0 Å². The largest absolute Gasteiger partial charge is 0.435 e. The van der Waals surface area contributed by atoms with E-state index in [1.165, 1.54) is 0 Å². The molecule has 0 saturated carbocycles. The van der Waals surface area contributed by atoms with Crippen LogP contribution in [0, 0.1) is 18.6 Å². The normalized spacial score (nSPS) is 10.4. The third-order valence-electron chi connectivity index (χ3n) is 2.22. The van der Waals surface area contributed by atoms with Gasteiger partial charge in [0, 0.05) is 6.07 Å². The molecule has 2 aromatic rings. The molecule has 1 aromatic heterocycles. The Morgan fingerprint density at radius 1 is 1.22 bits per heavy atom. The van der Waals surface area contributed by atoms with Crippen LogP contribution in [-0.4, -0.2) is 4.98 Å². The molecule has 3 nitrogen and oxygen atoms in total. The number of aromatic nitrogens is 1. The van der Waals surface area contributed by atoms with Crippen LogP contribution in [0.2, 0.25) is 5.02 Å². The molecule has 2 N–H and O–H groups in total. The number of ether oxygens (including phenoxy) is 1. The summed E-state index contributed by atoms with van der Waals surface area (Å²) in [6, 6.07) is 5.58. The fraction of sp³-hybridized carbons (Fsp3) is 0.0833. The molecule has 0 unspecified atom stereocenters. The summed E-state index contributed by atoms with van der Waals surface area (Å²) in [5.74, 6) is -2.51. The second-order valence-corrected chi connectivity index (χ2v) is 4.09. The number of hydrogen-bond acceptors (Lipinski definition) is 3.